The number of aliphatic hydroxyl groups is 1. The number of halogens is 3. The molecule has 0 saturated heterocycles. The molecule has 0 bridgehead atoms. The maximum atomic E-state index is 13.4. The van der Waals surface area contributed by atoms with Crippen molar-refractivity contribution < 1.29 is 47.2 Å². The number of Topliss-reactive ketones (excluding diaryl/α,β-unsaturated/α-hetero) is 1. The number of aromatic hydroxyl groups is 1. The molecule has 4 rings (SSSR count). The number of aromatic carboxylic acids is 1. The Morgan fingerprint density at radius 3 is 2.52 bits per heavy atom. The van der Waals surface area contributed by atoms with E-state index in [9.17, 15) is 42.9 Å². The SMILES string of the molecule is CCCc1c(OCCCC/C=C\C=C\[C@H](Sc2ccc3c(=O)cc(C(=O)O)oc3c2)C(O)c2cccc(C(F)(F)F)c2)ccc(C(C)=O)c1O. The summed E-state index contributed by atoms with van der Waals surface area (Å²) >= 11 is 1.11. The molecule has 1 aromatic heterocycles. The fourth-order valence-electron chi connectivity index (χ4n) is 5.19. The highest BCUT2D eigenvalue weighted by Crippen LogP contribution is 2.37. The summed E-state index contributed by atoms with van der Waals surface area (Å²) in [6.45, 7) is 3.78. The molecule has 0 aliphatic rings. The highest BCUT2D eigenvalue weighted by molar-refractivity contribution is 8.00. The van der Waals surface area contributed by atoms with Crippen LogP contribution in [0.5, 0.6) is 11.5 Å². The molecule has 0 fully saturated rings. The Morgan fingerprint density at radius 2 is 1.82 bits per heavy atom. The largest absolute Gasteiger partial charge is 0.507 e. The normalized spacial score (nSPS) is 13.2. The van der Waals surface area contributed by atoms with Gasteiger partial charge >= 0.3 is 12.1 Å². The number of rotatable bonds is 16. The molecule has 8 nitrogen and oxygen atoms in total. The maximum Gasteiger partial charge on any atom is 0.416 e. The van der Waals surface area contributed by atoms with E-state index in [0.29, 0.717) is 42.1 Å². The van der Waals surface area contributed by atoms with Crippen molar-refractivity contribution in [3.05, 3.63) is 123 Å². The molecule has 12 heteroatoms. The zero-order valence-electron chi connectivity index (χ0n) is 27.4. The van der Waals surface area contributed by atoms with E-state index in [1.54, 1.807) is 36.4 Å². The first-order valence-electron chi connectivity index (χ1n) is 15.9. The Morgan fingerprint density at radius 1 is 1.04 bits per heavy atom. The van der Waals surface area contributed by atoms with Gasteiger partial charge in [0.15, 0.2) is 11.2 Å². The van der Waals surface area contributed by atoms with Gasteiger partial charge in [0.05, 0.1) is 34.5 Å². The van der Waals surface area contributed by atoms with E-state index < -0.39 is 40.3 Å². The zero-order valence-corrected chi connectivity index (χ0v) is 28.2. The van der Waals surface area contributed by atoms with Crippen molar-refractivity contribution in [1.29, 1.82) is 0 Å². The summed E-state index contributed by atoms with van der Waals surface area (Å²) in [6, 6.07) is 13.1. The molecule has 4 aromatic rings. The van der Waals surface area contributed by atoms with Crippen LogP contribution in [0, 0.1) is 0 Å². The molecule has 50 heavy (non-hydrogen) atoms. The third-order valence-corrected chi connectivity index (χ3v) is 8.95. The number of ketones is 1. The van der Waals surface area contributed by atoms with Crippen molar-refractivity contribution in [2.24, 2.45) is 0 Å². The standard InChI is InChI=1S/C38H37F3O8S/c1-3-11-29-31(18-17-27(23(2)42)36(29)45)48-19-9-7-5-4-6-8-14-34(35(44)24-12-10-13-25(20-24)38(39,40)41)50-26-15-16-28-30(43)22-33(37(46)47)49-32(28)21-26/h4,6,8,10,12-18,20-22,34-35,44-45H,3,5,7,9,11,19H2,1-2H3,(H,46,47)/b6-4-,14-8+/t34-,35?/m0/s1. The summed E-state index contributed by atoms with van der Waals surface area (Å²) in [6.07, 6.45) is 4.56. The van der Waals surface area contributed by atoms with Crippen molar-refractivity contribution >= 4 is 34.5 Å². The third-order valence-electron chi connectivity index (χ3n) is 7.74. The quantitative estimate of drug-likeness (QED) is 0.0451. The van der Waals surface area contributed by atoms with E-state index >= 15 is 0 Å². The lowest BCUT2D eigenvalue weighted by atomic mass is 10.0. The van der Waals surface area contributed by atoms with Gasteiger partial charge in [-0.3, -0.25) is 9.59 Å². The van der Waals surface area contributed by atoms with Gasteiger partial charge in [0.25, 0.3) is 0 Å². The first-order valence-corrected chi connectivity index (χ1v) is 16.8. The average Bonchev–Trinajstić information content (AvgIpc) is 3.07. The van der Waals surface area contributed by atoms with E-state index in [-0.39, 0.29) is 33.6 Å². The topological polar surface area (TPSA) is 134 Å². The van der Waals surface area contributed by atoms with Crippen LogP contribution in [-0.4, -0.2) is 38.9 Å². The van der Waals surface area contributed by atoms with Crippen molar-refractivity contribution in [2.75, 3.05) is 6.61 Å². The van der Waals surface area contributed by atoms with Gasteiger partial charge in [-0.25, -0.2) is 4.79 Å². The number of alkyl halides is 3. The van der Waals surface area contributed by atoms with E-state index in [1.807, 2.05) is 13.0 Å². The Balaban J connectivity index is 1.44. The maximum absolute atomic E-state index is 13.4. The van der Waals surface area contributed by atoms with Gasteiger partial charge in [-0.2, -0.15) is 13.2 Å². The third kappa shape index (κ3) is 9.88. The van der Waals surface area contributed by atoms with Gasteiger partial charge in [-0.15, -0.1) is 11.8 Å². The minimum Gasteiger partial charge on any atom is -0.507 e. The Bertz CT molecular complexity index is 1950. The molecule has 0 spiro atoms. The van der Waals surface area contributed by atoms with Crippen LogP contribution in [0.1, 0.15) is 83.2 Å². The zero-order chi connectivity index (χ0) is 36.4. The van der Waals surface area contributed by atoms with Gasteiger partial charge < -0.3 is 24.5 Å². The number of hydrogen-bond donors (Lipinski definition) is 3. The first-order chi connectivity index (χ1) is 23.8. The number of phenolic OH excluding ortho intramolecular Hbond substituents is 1. The van der Waals surface area contributed by atoms with Crippen molar-refractivity contribution in [3.8, 4) is 11.5 Å². The smallest absolute Gasteiger partial charge is 0.416 e. The minimum atomic E-state index is -4.60. The molecule has 0 aliphatic carbocycles. The minimum absolute atomic E-state index is 0.0199. The second-order valence-corrected chi connectivity index (χ2v) is 12.7. The predicted molar refractivity (Wildman–Crippen MR) is 185 cm³/mol. The number of carboxylic acid groups (broad SMARTS) is 1. The Kier molecular flexibility index (Phi) is 13.1. The summed E-state index contributed by atoms with van der Waals surface area (Å²) in [5.41, 5.74) is -0.485. The fourth-order valence-corrected chi connectivity index (χ4v) is 6.28. The molecule has 264 valence electrons. The van der Waals surface area contributed by atoms with Gasteiger partial charge in [-0.05, 0) is 80.6 Å². The first kappa shape index (κ1) is 38.0. The van der Waals surface area contributed by atoms with Crippen LogP contribution in [0.25, 0.3) is 11.0 Å². The summed E-state index contributed by atoms with van der Waals surface area (Å²) < 4.78 is 51.6. The number of benzene rings is 3. The van der Waals surface area contributed by atoms with Gasteiger partial charge in [0.1, 0.15) is 17.1 Å². The lowest BCUT2D eigenvalue weighted by Crippen LogP contribution is -2.14. The van der Waals surface area contributed by atoms with Gasteiger partial charge in [0.2, 0.25) is 5.76 Å². The van der Waals surface area contributed by atoms with Crippen LogP contribution in [0.3, 0.4) is 0 Å². The van der Waals surface area contributed by atoms with E-state index in [1.165, 1.54) is 31.2 Å². The second-order valence-electron chi connectivity index (χ2n) is 11.5. The van der Waals surface area contributed by atoms with Crippen LogP contribution >= 0.6 is 11.8 Å². The van der Waals surface area contributed by atoms with Crippen LogP contribution in [0.15, 0.2) is 99.1 Å². The summed E-state index contributed by atoms with van der Waals surface area (Å²) in [4.78, 5) is 36.0. The van der Waals surface area contributed by atoms with Gasteiger partial charge in [0, 0.05) is 16.5 Å². The van der Waals surface area contributed by atoms with Crippen LogP contribution in [0.4, 0.5) is 13.2 Å². The molecule has 0 saturated carbocycles. The lowest BCUT2D eigenvalue weighted by Gasteiger charge is -2.21. The van der Waals surface area contributed by atoms with E-state index in [0.717, 1.165) is 42.8 Å². The molecule has 3 aromatic carbocycles. The van der Waals surface area contributed by atoms with E-state index in [4.69, 9.17) is 9.15 Å². The molecule has 1 unspecified atom stereocenters. The van der Waals surface area contributed by atoms with Crippen molar-refractivity contribution in [3.63, 3.8) is 0 Å². The molecule has 1 heterocycles. The molecule has 0 aliphatic heterocycles. The van der Waals surface area contributed by atoms with Crippen molar-refractivity contribution in [2.45, 2.75) is 68.4 Å². The van der Waals surface area contributed by atoms with Crippen molar-refractivity contribution in [1.82, 2.24) is 0 Å². The lowest BCUT2D eigenvalue weighted by molar-refractivity contribution is -0.137. The second kappa shape index (κ2) is 17.2. The number of ether oxygens (including phenoxy) is 1. The number of aliphatic hydroxyl groups excluding tert-OH is 1. The number of phenols is 1. The Hall–Kier alpha value is -4.81. The number of thioether (sulfide) groups is 1. The molecule has 2 atom stereocenters. The summed E-state index contributed by atoms with van der Waals surface area (Å²) in [5.74, 6) is -1.66. The predicted octanol–water partition coefficient (Wildman–Crippen LogP) is 8.93. The number of allylic oxidation sites excluding steroid dienone is 3. The number of unbranched alkanes of at least 4 members (excludes halogenated alkanes) is 2. The van der Waals surface area contributed by atoms with Crippen LogP contribution in [0.2, 0.25) is 0 Å². The highest BCUT2D eigenvalue weighted by atomic mass is 32.2. The number of hydrogen-bond acceptors (Lipinski definition) is 8. The molecule has 3 N–H and O–H groups in total. The molecular formula is C38H37F3O8S. The summed E-state index contributed by atoms with van der Waals surface area (Å²) in [5, 5.41) is 30.4. The average molecular weight is 711 g/mol. The monoisotopic (exact) mass is 710 g/mol. The molecule has 0 amide bonds. The molecule has 0 radical (unpaired) electrons. The van der Waals surface area contributed by atoms with Crippen LogP contribution in [-0.2, 0) is 12.6 Å². The Labute approximate surface area is 290 Å². The number of carbonyl (C=O) groups is 2. The van der Waals surface area contributed by atoms with E-state index in [2.05, 4.69) is 0 Å². The number of carboxylic acids is 1. The fraction of sp³-hybridized carbons (Fsp3) is 0.289. The summed E-state index contributed by atoms with van der Waals surface area (Å²) in [7, 11) is 0. The van der Waals surface area contributed by atoms with Crippen LogP contribution < -0.4 is 10.2 Å². The molecular weight excluding hydrogens is 673 g/mol. The van der Waals surface area contributed by atoms with Gasteiger partial charge in [-0.1, -0.05) is 49.8 Å². The highest BCUT2D eigenvalue weighted by Gasteiger charge is 2.31. The number of carbonyl (C=O) groups excluding carboxylic acids is 1. The number of fused-ring (bicyclic) bond motifs is 1.